The fourth-order valence-corrected chi connectivity index (χ4v) is 2.15. The minimum atomic E-state index is -0.932. The second-order valence-electron chi connectivity index (χ2n) is 5.02. The number of para-hydroxylation sites is 2. The van der Waals surface area contributed by atoms with Gasteiger partial charge in [0, 0.05) is 11.1 Å². The van der Waals surface area contributed by atoms with Crippen LogP contribution in [0.15, 0.2) is 54.6 Å². The van der Waals surface area contributed by atoms with Crippen molar-refractivity contribution in [2.75, 3.05) is 5.32 Å². The number of rotatable bonds is 4. The van der Waals surface area contributed by atoms with Gasteiger partial charge in [0.1, 0.15) is 0 Å². The van der Waals surface area contributed by atoms with Crippen molar-refractivity contribution in [2.45, 2.75) is 13.0 Å². The molecule has 0 fully saturated rings. The van der Waals surface area contributed by atoms with Gasteiger partial charge in [0.05, 0.1) is 5.52 Å². The highest BCUT2D eigenvalue weighted by atomic mass is 16.5. The van der Waals surface area contributed by atoms with Gasteiger partial charge in [-0.2, -0.15) is 5.10 Å². The van der Waals surface area contributed by atoms with Crippen LogP contribution in [0, 0.1) is 0 Å². The molecule has 2 aromatic carbocycles. The number of hydrogen-bond donors (Lipinski definition) is 2. The lowest BCUT2D eigenvalue weighted by molar-refractivity contribution is -0.123. The van der Waals surface area contributed by atoms with Crippen molar-refractivity contribution in [3.05, 3.63) is 60.3 Å². The van der Waals surface area contributed by atoms with Gasteiger partial charge in [-0.1, -0.05) is 36.4 Å². The fourth-order valence-electron chi connectivity index (χ4n) is 2.15. The molecule has 1 amide bonds. The number of H-pyrrole nitrogens is 1. The number of aromatic amines is 1. The first-order valence-electron chi connectivity index (χ1n) is 7.15. The predicted octanol–water partition coefficient (Wildman–Crippen LogP) is 2.75. The number of esters is 1. The van der Waals surface area contributed by atoms with Crippen LogP contribution in [0.4, 0.5) is 5.69 Å². The summed E-state index contributed by atoms with van der Waals surface area (Å²) < 4.78 is 5.20. The number of nitrogens with one attached hydrogen (secondary N) is 2. The zero-order valence-electron chi connectivity index (χ0n) is 12.4. The third kappa shape index (κ3) is 3.21. The number of carbonyl (C=O) groups is 2. The van der Waals surface area contributed by atoms with Gasteiger partial charge in [0.25, 0.3) is 5.91 Å². The van der Waals surface area contributed by atoms with E-state index < -0.39 is 18.0 Å². The van der Waals surface area contributed by atoms with Gasteiger partial charge in [-0.05, 0) is 25.1 Å². The van der Waals surface area contributed by atoms with Gasteiger partial charge in [0.2, 0.25) is 0 Å². The molecule has 3 aromatic rings. The number of benzene rings is 2. The smallest absolute Gasteiger partial charge is 0.360 e. The number of carbonyl (C=O) groups excluding carboxylic acids is 2. The molecule has 1 atom stereocenters. The average Bonchev–Trinajstić information content (AvgIpc) is 2.99. The van der Waals surface area contributed by atoms with E-state index in [0.717, 1.165) is 5.52 Å². The summed E-state index contributed by atoms with van der Waals surface area (Å²) in [5, 5.41) is 10.1. The topological polar surface area (TPSA) is 84.1 Å². The molecule has 0 unspecified atom stereocenters. The highest BCUT2D eigenvalue weighted by molar-refractivity contribution is 6.03. The largest absolute Gasteiger partial charge is 0.448 e. The Kier molecular flexibility index (Phi) is 4.05. The Morgan fingerprint density at radius 1 is 1.09 bits per heavy atom. The minimum absolute atomic E-state index is 0.167. The van der Waals surface area contributed by atoms with Crippen molar-refractivity contribution in [1.29, 1.82) is 0 Å². The molecule has 0 spiro atoms. The molecule has 116 valence electrons. The van der Waals surface area contributed by atoms with Crippen LogP contribution in [0.5, 0.6) is 0 Å². The van der Waals surface area contributed by atoms with E-state index >= 15 is 0 Å². The Morgan fingerprint density at radius 2 is 1.78 bits per heavy atom. The Morgan fingerprint density at radius 3 is 2.57 bits per heavy atom. The number of nitrogens with zero attached hydrogens (tertiary/aromatic N) is 1. The number of fused-ring (bicyclic) bond motifs is 1. The van der Waals surface area contributed by atoms with Gasteiger partial charge in [-0.3, -0.25) is 9.89 Å². The maximum atomic E-state index is 12.2. The Labute approximate surface area is 132 Å². The second kappa shape index (κ2) is 6.31. The van der Waals surface area contributed by atoms with E-state index in [4.69, 9.17) is 4.74 Å². The maximum absolute atomic E-state index is 12.2. The molecule has 1 heterocycles. The fraction of sp³-hybridized carbons (Fsp3) is 0.118. The van der Waals surface area contributed by atoms with Crippen LogP contribution in [0.2, 0.25) is 0 Å². The first-order valence-corrected chi connectivity index (χ1v) is 7.15. The molecule has 0 aliphatic carbocycles. The van der Waals surface area contributed by atoms with Gasteiger partial charge < -0.3 is 10.1 Å². The molecule has 0 saturated heterocycles. The molecule has 6 heteroatoms. The first kappa shape index (κ1) is 14.8. The van der Waals surface area contributed by atoms with Crippen LogP contribution in [0.25, 0.3) is 10.9 Å². The molecule has 0 radical (unpaired) electrons. The van der Waals surface area contributed by atoms with E-state index in [1.165, 1.54) is 6.92 Å². The van der Waals surface area contributed by atoms with Crippen molar-refractivity contribution in [3.63, 3.8) is 0 Å². The molecular weight excluding hydrogens is 294 g/mol. The molecule has 0 bridgehead atoms. The van der Waals surface area contributed by atoms with Gasteiger partial charge in [-0.25, -0.2) is 4.79 Å². The standard InChI is InChI=1S/C17H15N3O3/c1-11(16(21)18-12-7-3-2-4-8-12)23-17(22)15-13-9-5-6-10-14(13)19-20-15/h2-11H,1H3,(H,18,21)(H,19,20)/t11-/m1/s1. The summed E-state index contributed by atoms with van der Waals surface area (Å²) in [5.41, 5.74) is 1.55. The third-order valence-corrected chi connectivity index (χ3v) is 3.36. The summed E-state index contributed by atoms with van der Waals surface area (Å²) in [7, 11) is 0. The van der Waals surface area contributed by atoms with Crippen molar-refractivity contribution < 1.29 is 14.3 Å². The first-order chi connectivity index (χ1) is 11.1. The molecule has 23 heavy (non-hydrogen) atoms. The van der Waals surface area contributed by atoms with E-state index in [0.29, 0.717) is 11.1 Å². The summed E-state index contributed by atoms with van der Waals surface area (Å²) >= 11 is 0. The number of aromatic nitrogens is 2. The molecule has 3 rings (SSSR count). The molecule has 0 saturated carbocycles. The lowest BCUT2D eigenvalue weighted by atomic mass is 10.2. The number of anilines is 1. The van der Waals surface area contributed by atoms with Gasteiger partial charge in [-0.15, -0.1) is 0 Å². The molecule has 0 aliphatic heterocycles. The van der Waals surface area contributed by atoms with Crippen LogP contribution in [0.3, 0.4) is 0 Å². The highest BCUT2D eigenvalue weighted by Crippen LogP contribution is 2.16. The van der Waals surface area contributed by atoms with Crippen molar-refractivity contribution in [1.82, 2.24) is 10.2 Å². The zero-order chi connectivity index (χ0) is 16.2. The Hall–Kier alpha value is -3.15. The molecule has 1 aromatic heterocycles. The molecule has 0 aliphatic rings. The molecule has 6 nitrogen and oxygen atoms in total. The quantitative estimate of drug-likeness (QED) is 0.726. The third-order valence-electron chi connectivity index (χ3n) is 3.36. The zero-order valence-corrected chi connectivity index (χ0v) is 12.4. The number of amides is 1. The Bertz CT molecular complexity index is 842. The summed E-state index contributed by atoms with van der Waals surface area (Å²) in [5.74, 6) is -1.04. The summed E-state index contributed by atoms with van der Waals surface area (Å²) in [4.78, 5) is 24.3. The monoisotopic (exact) mass is 309 g/mol. The lowest BCUT2D eigenvalue weighted by Crippen LogP contribution is -2.30. The van der Waals surface area contributed by atoms with Crippen LogP contribution < -0.4 is 5.32 Å². The molecule has 2 N–H and O–H groups in total. The van der Waals surface area contributed by atoms with Gasteiger partial charge >= 0.3 is 5.97 Å². The summed E-state index contributed by atoms with van der Waals surface area (Å²) in [6, 6.07) is 16.2. The van der Waals surface area contributed by atoms with E-state index in [9.17, 15) is 9.59 Å². The summed E-state index contributed by atoms with van der Waals surface area (Å²) in [6.07, 6.45) is -0.932. The van der Waals surface area contributed by atoms with Crippen LogP contribution >= 0.6 is 0 Å². The van der Waals surface area contributed by atoms with E-state index in [2.05, 4.69) is 15.5 Å². The number of hydrogen-bond acceptors (Lipinski definition) is 4. The maximum Gasteiger partial charge on any atom is 0.360 e. The minimum Gasteiger partial charge on any atom is -0.448 e. The lowest BCUT2D eigenvalue weighted by Gasteiger charge is -2.12. The van der Waals surface area contributed by atoms with Crippen molar-refractivity contribution in [3.8, 4) is 0 Å². The van der Waals surface area contributed by atoms with E-state index in [1.54, 1.807) is 24.3 Å². The van der Waals surface area contributed by atoms with Crippen LogP contribution in [-0.2, 0) is 9.53 Å². The van der Waals surface area contributed by atoms with Gasteiger partial charge in [0.15, 0.2) is 11.8 Å². The van der Waals surface area contributed by atoms with E-state index in [-0.39, 0.29) is 5.69 Å². The van der Waals surface area contributed by atoms with Crippen molar-refractivity contribution in [2.24, 2.45) is 0 Å². The molecular formula is C17H15N3O3. The SMILES string of the molecule is C[C@@H](OC(=O)c1n[nH]c2ccccc12)C(=O)Nc1ccccc1. The summed E-state index contributed by atoms with van der Waals surface area (Å²) in [6.45, 7) is 1.52. The number of ether oxygens (including phenoxy) is 1. The second-order valence-corrected chi connectivity index (χ2v) is 5.02. The average molecular weight is 309 g/mol. The van der Waals surface area contributed by atoms with Crippen LogP contribution in [-0.4, -0.2) is 28.2 Å². The van der Waals surface area contributed by atoms with Crippen molar-refractivity contribution >= 4 is 28.5 Å². The predicted molar refractivity (Wildman–Crippen MR) is 86.0 cm³/mol. The normalized spacial score (nSPS) is 11.9. The van der Waals surface area contributed by atoms with Crippen LogP contribution in [0.1, 0.15) is 17.4 Å². The Balaban J connectivity index is 1.68. The van der Waals surface area contributed by atoms with E-state index in [1.807, 2.05) is 30.3 Å². The highest BCUT2D eigenvalue weighted by Gasteiger charge is 2.22.